The molecular weight excluding hydrogens is 440 g/mol. The van der Waals surface area contributed by atoms with Crippen molar-refractivity contribution < 1.29 is 14.4 Å². The van der Waals surface area contributed by atoms with E-state index in [4.69, 9.17) is 11.6 Å². The summed E-state index contributed by atoms with van der Waals surface area (Å²) in [5.41, 5.74) is 0.338. The Labute approximate surface area is 203 Å². The lowest BCUT2D eigenvalue weighted by atomic mass is 9.91. The maximum atomic E-state index is 13.2. The quantitative estimate of drug-likeness (QED) is 0.571. The minimum absolute atomic E-state index is 0.0137. The third-order valence-electron chi connectivity index (χ3n) is 6.00. The van der Waals surface area contributed by atoms with Gasteiger partial charge in [-0.2, -0.15) is 0 Å². The van der Waals surface area contributed by atoms with E-state index >= 15 is 0 Å². The maximum absolute atomic E-state index is 13.2. The van der Waals surface area contributed by atoms with Crippen molar-refractivity contribution >= 4 is 29.3 Å². The first-order valence-electron chi connectivity index (χ1n) is 11.7. The van der Waals surface area contributed by atoms with Crippen molar-refractivity contribution in [2.75, 3.05) is 40.3 Å². The predicted molar refractivity (Wildman–Crippen MR) is 132 cm³/mol. The molecule has 1 aliphatic rings. The SMILES string of the molecule is CC(C)C(NC(=O)c1ccccc1Cl)C(=O)N1CCC(C(=O)NCC(C)(C)CN(C)C)CC1. The molecule has 7 nitrogen and oxygen atoms in total. The number of amides is 3. The van der Waals surface area contributed by atoms with Gasteiger partial charge in [-0.05, 0) is 50.4 Å². The van der Waals surface area contributed by atoms with Gasteiger partial charge in [0.05, 0.1) is 10.6 Å². The lowest BCUT2D eigenvalue weighted by molar-refractivity contribution is -0.138. The molecular formula is C25H39ClN4O3. The number of carbonyl (C=O) groups excluding carboxylic acids is 3. The van der Waals surface area contributed by atoms with E-state index in [2.05, 4.69) is 29.4 Å². The molecule has 33 heavy (non-hydrogen) atoms. The van der Waals surface area contributed by atoms with Gasteiger partial charge in [-0.1, -0.05) is 51.4 Å². The van der Waals surface area contributed by atoms with Crippen LogP contribution in [-0.2, 0) is 9.59 Å². The number of benzene rings is 1. The molecule has 1 unspecified atom stereocenters. The third kappa shape index (κ3) is 8.00. The molecule has 0 aromatic heterocycles. The standard InChI is InChI=1S/C25H39ClN4O3/c1-17(2)21(28-23(32)19-9-7-8-10-20(19)26)24(33)30-13-11-18(12-14-30)22(31)27-15-25(3,4)16-29(5)6/h7-10,17-18,21H,11-16H2,1-6H3,(H,27,31)(H,28,32). The highest BCUT2D eigenvalue weighted by atomic mass is 35.5. The summed E-state index contributed by atoms with van der Waals surface area (Å²) >= 11 is 6.14. The number of hydrogen-bond acceptors (Lipinski definition) is 4. The molecule has 2 N–H and O–H groups in total. The van der Waals surface area contributed by atoms with Gasteiger partial charge in [-0.15, -0.1) is 0 Å². The molecule has 1 heterocycles. The van der Waals surface area contributed by atoms with Gasteiger partial charge in [0, 0.05) is 32.1 Å². The Morgan fingerprint density at radius 1 is 1.15 bits per heavy atom. The molecule has 184 valence electrons. The van der Waals surface area contributed by atoms with Gasteiger partial charge in [-0.3, -0.25) is 14.4 Å². The number of rotatable bonds is 9. The maximum Gasteiger partial charge on any atom is 0.253 e. The predicted octanol–water partition coefficient (Wildman–Crippen LogP) is 3.04. The van der Waals surface area contributed by atoms with Crippen LogP contribution in [0.2, 0.25) is 5.02 Å². The van der Waals surface area contributed by atoms with E-state index in [9.17, 15) is 14.4 Å². The highest BCUT2D eigenvalue weighted by molar-refractivity contribution is 6.33. The molecule has 2 rings (SSSR count). The van der Waals surface area contributed by atoms with Gasteiger partial charge in [0.15, 0.2) is 0 Å². The fourth-order valence-corrected chi connectivity index (χ4v) is 4.54. The highest BCUT2D eigenvalue weighted by Crippen LogP contribution is 2.21. The van der Waals surface area contributed by atoms with Crippen LogP contribution < -0.4 is 10.6 Å². The number of piperidine rings is 1. The van der Waals surface area contributed by atoms with Crippen molar-refractivity contribution in [2.45, 2.75) is 46.6 Å². The summed E-state index contributed by atoms with van der Waals surface area (Å²) in [4.78, 5) is 42.5. The Hall–Kier alpha value is -2.12. The van der Waals surface area contributed by atoms with E-state index in [1.807, 2.05) is 27.9 Å². The molecule has 1 aromatic carbocycles. The minimum Gasteiger partial charge on any atom is -0.355 e. The lowest BCUT2D eigenvalue weighted by Gasteiger charge is -2.35. The fraction of sp³-hybridized carbons (Fsp3) is 0.640. The number of likely N-dealkylation sites (tertiary alicyclic amines) is 1. The zero-order chi connectivity index (χ0) is 24.8. The largest absolute Gasteiger partial charge is 0.355 e. The van der Waals surface area contributed by atoms with E-state index in [0.717, 1.165) is 6.54 Å². The van der Waals surface area contributed by atoms with E-state index in [-0.39, 0.29) is 35.0 Å². The number of halogens is 1. The van der Waals surface area contributed by atoms with E-state index in [0.29, 0.717) is 43.1 Å². The van der Waals surface area contributed by atoms with Crippen LogP contribution in [0.5, 0.6) is 0 Å². The topological polar surface area (TPSA) is 81.8 Å². The van der Waals surface area contributed by atoms with Crippen LogP contribution in [0.25, 0.3) is 0 Å². The van der Waals surface area contributed by atoms with E-state index < -0.39 is 6.04 Å². The molecule has 0 radical (unpaired) electrons. The molecule has 1 saturated heterocycles. The van der Waals surface area contributed by atoms with Gasteiger partial charge in [-0.25, -0.2) is 0 Å². The van der Waals surface area contributed by atoms with E-state index in [1.54, 1.807) is 29.2 Å². The van der Waals surface area contributed by atoms with E-state index in [1.165, 1.54) is 0 Å². The summed E-state index contributed by atoms with van der Waals surface area (Å²) in [7, 11) is 4.05. The van der Waals surface area contributed by atoms with Gasteiger partial charge >= 0.3 is 0 Å². The van der Waals surface area contributed by atoms with Gasteiger partial charge in [0.25, 0.3) is 5.91 Å². The Balaban J connectivity index is 1.91. The first-order chi connectivity index (χ1) is 15.4. The molecule has 3 amide bonds. The molecule has 8 heteroatoms. The van der Waals surface area contributed by atoms with Crippen molar-refractivity contribution in [1.29, 1.82) is 0 Å². The fourth-order valence-electron chi connectivity index (χ4n) is 4.32. The first-order valence-corrected chi connectivity index (χ1v) is 12.1. The molecule has 1 aliphatic heterocycles. The summed E-state index contributed by atoms with van der Waals surface area (Å²) in [5, 5.41) is 6.31. The lowest BCUT2D eigenvalue weighted by Crippen LogP contribution is -2.54. The zero-order valence-corrected chi connectivity index (χ0v) is 21.5. The first kappa shape index (κ1) is 27.1. The monoisotopic (exact) mass is 478 g/mol. The second kappa shape index (κ2) is 11.8. The van der Waals surface area contributed by atoms with Crippen LogP contribution in [0, 0.1) is 17.3 Å². The van der Waals surface area contributed by atoms with Gasteiger partial charge < -0.3 is 20.4 Å². The van der Waals surface area contributed by atoms with Crippen molar-refractivity contribution in [3.05, 3.63) is 34.9 Å². The van der Waals surface area contributed by atoms with Crippen LogP contribution in [0.1, 0.15) is 50.9 Å². The van der Waals surface area contributed by atoms with Crippen molar-refractivity contribution in [3.8, 4) is 0 Å². The average molecular weight is 479 g/mol. The second-order valence-electron chi connectivity index (χ2n) is 10.4. The van der Waals surface area contributed by atoms with Crippen LogP contribution in [0.15, 0.2) is 24.3 Å². The average Bonchev–Trinajstić information content (AvgIpc) is 2.74. The summed E-state index contributed by atoms with van der Waals surface area (Å²) in [5.74, 6) is -0.594. The summed E-state index contributed by atoms with van der Waals surface area (Å²) in [6, 6.07) is 6.15. The van der Waals surface area contributed by atoms with Crippen LogP contribution in [0.4, 0.5) is 0 Å². The van der Waals surface area contributed by atoms with Gasteiger partial charge in [0.2, 0.25) is 11.8 Å². The highest BCUT2D eigenvalue weighted by Gasteiger charge is 2.33. The third-order valence-corrected chi connectivity index (χ3v) is 6.33. The second-order valence-corrected chi connectivity index (χ2v) is 10.8. The molecule has 0 saturated carbocycles. The number of nitrogens with one attached hydrogen (secondary N) is 2. The zero-order valence-electron chi connectivity index (χ0n) is 20.8. The molecule has 0 spiro atoms. The Kier molecular flexibility index (Phi) is 9.73. The smallest absolute Gasteiger partial charge is 0.253 e. The minimum atomic E-state index is -0.647. The molecule has 0 aliphatic carbocycles. The molecule has 1 fully saturated rings. The molecule has 0 bridgehead atoms. The number of nitrogens with zero attached hydrogens (tertiary/aromatic N) is 2. The summed E-state index contributed by atoms with van der Waals surface area (Å²) < 4.78 is 0. The van der Waals surface area contributed by atoms with Crippen LogP contribution in [-0.4, -0.2) is 73.8 Å². The number of hydrogen-bond donors (Lipinski definition) is 2. The Bertz CT molecular complexity index is 833. The van der Waals surface area contributed by atoms with Crippen molar-refractivity contribution in [1.82, 2.24) is 20.4 Å². The van der Waals surface area contributed by atoms with Crippen molar-refractivity contribution in [2.24, 2.45) is 17.3 Å². The van der Waals surface area contributed by atoms with Crippen LogP contribution >= 0.6 is 11.6 Å². The van der Waals surface area contributed by atoms with Crippen LogP contribution in [0.3, 0.4) is 0 Å². The molecule has 1 atom stereocenters. The number of carbonyl (C=O) groups is 3. The van der Waals surface area contributed by atoms with Gasteiger partial charge in [0.1, 0.15) is 6.04 Å². The normalized spacial score (nSPS) is 16.1. The summed E-state index contributed by atoms with van der Waals surface area (Å²) in [6.45, 7) is 10.6. The Morgan fingerprint density at radius 2 is 1.76 bits per heavy atom. The molecule has 1 aromatic rings. The van der Waals surface area contributed by atoms with Crippen molar-refractivity contribution in [3.63, 3.8) is 0 Å². The Morgan fingerprint density at radius 3 is 2.30 bits per heavy atom. The summed E-state index contributed by atoms with van der Waals surface area (Å²) in [6.07, 6.45) is 1.24.